The summed E-state index contributed by atoms with van der Waals surface area (Å²) in [5, 5.41) is 0. The second-order valence-electron chi connectivity index (χ2n) is 3.61. The van der Waals surface area contributed by atoms with E-state index in [1.807, 2.05) is 0 Å². The van der Waals surface area contributed by atoms with Gasteiger partial charge in [-0.2, -0.15) is 0 Å². The van der Waals surface area contributed by atoms with E-state index < -0.39 is 7.41 Å². The predicted octanol–water partition coefficient (Wildman–Crippen LogP) is 1.92. The van der Waals surface area contributed by atoms with Crippen LogP contribution < -0.4 is 5.50 Å². The summed E-state index contributed by atoms with van der Waals surface area (Å²) in [5.41, 5.74) is 6.06. The molecule has 0 spiro atoms. The van der Waals surface area contributed by atoms with Crippen LogP contribution in [0, 0.1) is 5.92 Å². The second kappa shape index (κ2) is 3.53. The van der Waals surface area contributed by atoms with E-state index in [1.165, 1.54) is 12.3 Å². The molecule has 0 aromatic rings. The molecule has 0 saturated heterocycles. The zero-order chi connectivity index (χ0) is 7.49. The molecule has 0 aliphatic carbocycles. The van der Waals surface area contributed by atoms with Crippen LogP contribution in [-0.4, -0.2) is 19.0 Å². The SMILES string of the molecule is CC[PH](C)(N)CC(C)C. The number of hydrogen-bond donors (Lipinski definition) is 1. The molecule has 0 rings (SSSR count). The van der Waals surface area contributed by atoms with Gasteiger partial charge in [-0.25, -0.2) is 0 Å². The molecular weight excluding hydrogens is 129 g/mol. The van der Waals surface area contributed by atoms with Crippen molar-refractivity contribution in [2.75, 3.05) is 19.0 Å². The summed E-state index contributed by atoms with van der Waals surface area (Å²) in [7, 11) is -1.24. The van der Waals surface area contributed by atoms with Gasteiger partial charge in [0.2, 0.25) is 0 Å². The minimum absolute atomic E-state index is 0.784. The summed E-state index contributed by atoms with van der Waals surface area (Å²) in [6.45, 7) is 8.95. The Hall–Kier alpha value is 0.390. The Morgan fingerprint density at radius 1 is 1.44 bits per heavy atom. The Morgan fingerprint density at radius 2 is 1.89 bits per heavy atom. The quantitative estimate of drug-likeness (QED) is 0.609. The van der Waals surface area contributed by atoms with E-state index in [0.29, 0.717) is 0 Å². The molecular formula is C7H20NP. The van der Waals surface area contributed by atoms with Gasteiger partial charge >= 0.3 is 58.6 Å². The fraction of sp³-hybridized carbons (Fsp3) is 1.00. The standard InChI is InChI=1S/C7H20NP/c1-5-9(4,8)6-7(2)3/h7,9H,5-6,8H2,1-4H3. The van der Waals surface area contributed by atoms with Crippen LogP contribution in [0.5, 0.6) is 0 Å². The van der Waals surface area contributed by atoms with Crippen molar-refractivity contribution in [3.63, 3.8) is 0 Å². The Labute approximate surface area is 59.4 Å². The van der Waals surface area contributed by atoms with Crippen LogP contribution in [-0.2, 0) is 0 Å². The molecule has 1 nitrogen and oxygen atoms in total. The summed E-state index contributed by atoms with van der Waals surface area (Å²) < 4.78 is 0. The van der Waals surface area contributed by atoms with Crippen LogP contribution in [0.25, 0.3) is 0 Å². The molecule has 58 valence electrons. The fourth-order valence-electron chi connectivity index (χ4n) is 1.08. The molecule has 0 aromatic carbocycles. The summed E-state index contributed by atoms with van der Waals surface area (Å²) in [4.78, 5) is 0. The van der Waals surface area contributed by atoms with Crippen LogP contribution in [0.1, 0.15) is 20.8 Å². The molecule has 0 saturated carbocycles. The molecule has 0 bridgehead atoms. The monoisotopic (exact) mass is 149 g/mol. The van der Waals surface area contributed by atoms with Gasteiger partial charge in [-0.15, -0.1) is 0 Å². The van der Waals surface area contributed by atoms with Gasteiger partial charge in [0.25, 0.3) is 0 Å². The Balaban J connectivity index is 3.58. The van der Waals surface area contributed by atoms with Crippen LogP contribution >= 0.6 is 7.41 Å². The number of rotatable bonds is 3. The van der Waals surface area contributed by atoms with Crippen molar-refractivity contribution in [1.82, 2.24) is 0 Å². The average molecular weight is 149 g/mol. The summed E-state index contributed by atoms with van der Waals surface area (Å²) in [5.74, 6) is 0.784. The molecule has 0 aromatic heterocycles. The Bertz CT molecular complexity index is 79.0. The van der Waals surface area contributed by atoms with Crippen LogP contribution in [0.2, 0.25) is 0 Å². The van der Waals surface area contributed by atoms with E-state index in [-0.39, 0.29) is 0 Å². The molecule has 0 aliphatic rings. The van der Waals surface area contributed by atoms with Gasteiger partial charge in [-0.1, -0.05) is 0 Å². The molecule has 0 fully saturated rings. The third-order valence-electron chi connectivity index (χ3n) is 1.68. The van der Waals surface area contributed by atoms with Gasteiger partial charge in [-0.3, -0.25) is 0 Å². The van der Waals surface area contributed by atoms with Gasteiger partial charge < -0.3 is 0 Å². The second-order valence-corrected chi connectivity index (χ2v) is 8.03. The normalized spacial score (nSPS) is 14.4. The fourth-order valence-corrected chi connectivity index (χ4v) is 3.23. The topological polar surface area (TPSA) is 26.0 Å². The first kappa shape index (κ1) is 9.39. The molecule has 9 heavy (non-hydrogen) atoms. The Morgan fingerprint density at radius 3 is 2.00 bits per heavy atom. The van der Waals surface area contributed by atoms with E-state index >= 15 is 0 Å². The van der Waals surface area contributed by atoms with E-state index in [1.54, 1.807) is 0 Å². The van der Waals surface area contributed by atoms with Gasteiger partial charge in [0.15, 0.2) is 0 Å². The van der Waals surface area contributed by atoms with Gasteiger partial charge in [-0.05, 0) is 0 Å². The van der Waals surface area contributed by atoms with Gasteiger partial charge in [0.05, 0.1) is 0 Å². The summed E-state index contributed by atoms with van der Waals surface area (Å²) in [6, 6.07) is 0. The van der Waals surface area contributed by atoms with Crippen molar-refractivity contribution in [1.29, 1.82) is 0 Å². The zero-order valence-electron chi connectivity index (χ0n) is 7.07. The van der Waals surface area contributed by atoms with Crippen molar-refractivity contribution < 1.29 is 0 Å². The third kappa shape index (κ3) is 4.87. The minimum atomic E-state index is -1.24. The van der Waals surface area contributed by atoms with Crippen molar-refractivity contribution in [3.8, 4) is 0 Å². The van der Waals surface area contributed by atoms with E-state index in [9.17, 15) is 0 Å². The van der Waals surface area contributed by atoms with Crippen LogP contribution in [0.15, 0.2) is 0 Å². The van der Waals surface area contributed by atoms with Crippen molar-refractivity contribution in [3.05, 3.63) is 0 Å². The van der Waals surface area contributed by atoms with Crippen LogP contribution in [0.3, 0.4) is 0 Å². The van der Waals surface area contributed by atoms with E-state index in [2.05, 4.69) is 27.4 Å². The van der Waals surface area contributed by atoms with Crippen molar-refractivity contribution >= 4 is 7.41 Å². The molecule has 2 N–H and O–H groups in total. The first-order valence-electron chi connectivity index (χ1n) is 3.77. The molecule has 0 aliphatic heterocycles. The molecule has 0 heterocycles. The van der Waals surface area contributed by atoms with Gasteiger partial charge in [0, 0.05) is 0 Å². The summed E-state index contributed by atoms with van der Waals surface area (Å²) in [6.07, 6.45) is 2.48. The third-order valence-corrected chi connectivity index (χ3v) is 5.05. The molecule has 0 unspecified atom stereocenters. The zero-order valence-corrected chi connectivity index (χ0v) is 8.07. The number of nitrogens with two attached hydrogens (primary N) is 1. The van der Waals surface area contributed by atoms with Crippen molar-refractivity contribution in [2.45, 2.75) is 20.8 Å². The molecule has 2 heteroatoms. The predicted molar refractivity (Wildman–Crippen MR) is 48.7 cm³/mol. The molecule has 0 amide bonds. The molecule has 0 atom stereocenters. The Kier molecular flexibility index (Phi) is 3.68. The summed E-state index contributed by atoms with van der Waals surface area (Å²) >= 11 is 0. The van der Waals surface area contributed by atoms with E-state index in [0.717, 1.165) is 5.92 Å². The van der Waals surface area contributed by atoms with Crippen LogP contribution in [0.4, 0.5) is 0 Å². The maximum atomic E-state index is 6.06. The van der Waals surface area contributed by atoms with E-state index in [4.69, 9.17) is 5.50 Å². The first-order valence-corrected chi connectivity index (χ1v) is 6.76. The number of hydrogen-bond acceptors (Lipinski definition) is 1. The molecule has 0 radical (unpaired) electrons. The first-order chi connectivity index (χ1) is 3.98. The van der Waals surface area contributed by atoms with Gasteiger partial charge in [0.1, 0.15) is 0 Å². The van der Waals surface area contributed by atoms with Crippen molar-refractivity contribution in [2.24, 2.45) is 11.4 Å². The maximum absolute atomic E-state index is 6.06. The average Bonchev–Trinajstić information content (AvgIpc) is 1.63.